The Kier molecular flexibility index (Phi) is 10.5. The molecule has 0 bridgehead atoms. The van der Waals surface area contributed by atoms with Crippen molar-refractivity contribution >= 4 is 17.6 Å². The highest BCUT2D eigenvalue weighted by atomic mass is 16.7. The number of carbonyl (C=O) groups excluding carboxylic acids is 2. The number of esters is 2. The lowest BCUT2D eigenvalue weighted by Crippen LogP contribution is -2.67. The first-order valence-electron chi connectivity index (χ1n) is 11.9. The monoisotopic (exact) mass is 519 g/mol. The summed E-state index contributed by atoms with van der Waals surface area (Å²) in [5.41, 5.74) is -2.25. The van der Waals surface area contributed by atoms with Gasteiger partial charge in [0.2, 0.25) is 12.0 Å². The topological polar surface area (TPSA) is 170 Å². The van der Waals surface area contributed by atoms with Gasteiger partial charge in [-0.05, 0) is 40.2 Å². The minimum absolute atomic E-state index is 0.0550. The number of nitrogens with zero attached hydrogens (tertiary/aromatic N) is 2. The van der Waals surface area contributed by atoms with Crippen molar-refractivity contribution in [3.8, 4) is 6.07 Å². The molecule has 3 atom stereocenters. The molecule has 0 radical (unpaired) electrons. The first-order chi connectivity index (χ1) is 17.5. The number of carbonyl (C=O) groups is 2. The van der Waals surface area contributed by atoms with Crippen LogP contribution in [0.2, 0.25) is 0 Å². The van der Waals surface area contributed by atoms with Crippen LogP contribution in [-0.2, 0) is 28.5 Å². The average Bonchev–Trinajstić information content (AvgIpc) is 2.83. The first-order valence-corrected chi connectivity index (χ1v) is 11.9. The normalized spacial score (nSPS) is 21.4. The average molecular weight is 520 g/mol. The number of rotatable bonds is 12. The molecule has 0 saturated carbocycles. The van der Waals surface area contributed by atoms with Gasteiger partial charge in [-0.15, -0.1) is 0 Å². The van der Waals surface area contributed by atoms with Crippen LogP contribution < -0.4 is 5.32 Å². The Morgan fingerprint density at radius 2 is 1.92 bits per heavy atom. The second kappa shape index (κ2) is 13.1. The summed E-state index contributed by atoms with van der Waals surface area (Å²) in [5.74, 6) is -4.55. The minimum atomic E-state index is -2.24. The van der Waals surface area contributed by atoms with E-state index in [1.54, 1.807) is 27.7 Å². The molecule has 1 aromatic rings. The van der Waals surface area contributed by atoms with E-state index < -0.39 is 46.8 Å². The van der Waals surface area contributed by atoms with Crippen LogP contribution in [0.5, 0.6) is 0 Å². The lowest BCUT2D eigenvalue weighted by Gasteiger charge is -2.48. The van der Waals surface area contributed by atoms with Crippen LogP contribution in [0.25, 0.3) is 0 Å². The van der Waals surface area contributed by atoms with Crippen LogP contribution in [0.15, 0.2) is 35.5 Å². The number of nitrogens with one attached hydrogen (secondary N) is 1. The molecule has 0 saturated heterocycles. The predicted octanol–water partition coefficient (Wildman–Crippen LogP) is 2.67. The second-order valence-electron chi connectivity index (χ2n) is 8.57. The number of nitro groups is 1. The number of non-ortho nitro benzene ring substituents is 1. The Morgan fingerprint density at radius 1 is 1.27 bits per heavy atom. The lowest BCUT2D eigenvalue weighted by molar-refractivity contribution is -0.385. The fourth-order valence-corrected chi connectivity index (χ4v) is 4.27. The van der Waals surface area contributed by atoms with E-state index >= 15 is 0 Å². The summed E-state index contributed by atoms with van der Waals surface area (Å²) in [6.07, 6.45) is -2.02. The molecule has 1 aromatic carbocycles. The fourth-order valence-electron chi connectivity index (χ4n) is 4.27. The van der Waals surface area contributed by atoms with Crippen molar-refractivity contribution in [3.63, 3.8) is 0 Å². The van der Waals surface area contributed by atoms with Crippen LogP contribution >= 0.6 is 0 Å². The van der Waals surface area contributed by atoms with E-state index in [1.165, 1.54) is 31.2 Å². The fraction of sp³-hybridized carbons (Fsp3) is 0.560. The zero-order chi connectivity index (χ0) is 27.8. The van der Waals surface area contributed by atoms with Crippen molar-refractivity contribution in [3.05, 3.63) is 51.2 Å². The van der Waals surface area contributed by atoms with Gasteiger partial charge >= 0.3 is 11.9 Å². The van der Waals surface area contributed by atoms with Crippen molar-refractivity contribution in [2.24, 2.45) is 5.92 Å². The van der Waals surface area contributed by atoms with Crippen molar-refractivity contribution in [1.29, 1.82) is 5.26 Å². The molecule has 0 aromatic heterocycles. The smallest absolute Gasteiger partial charge is 0.336 e. The molecule has 1 aliphatic rings. The Bertz CT molecular complexity index is 1060. The molecule has 0 fully saturated rings. The van der Waals surface area contributed by atoms with Crippen LogP contribution in [0.4, 0.5) is 5.69 Å². The van der Waals surface area contributed by atoms with Gasteiger partial charge in [0.1, 0.15) is 12.5 Å². The molecule has 202 valence electrons. The first kappa shape index (κ1) is 29.7. The summed E-state index contributed by atoms with van der Waals surface area (Å²) < 4.78 is 22.1. The van der Waals surface area contributed by atoms with Gasteiger partial charge in [0.05, 0.1) is 29.1 Å². The van der Waals surface area contributed by atoms with Crippen LogP contribution in [0.3, 0.4) is 0 Å². The number of ether oxygens (including phenoxy) is 4. The molecule has 0 unspecified atom stereocenters. The van der Waals surface area contributed by atoms with Crippen molar-refractivity contribution in [2.45, 2.75) is 65.1 Å². The molecule has 0 spiro atoms. The van der Waals surface area contributed by atoms with Crippen LogP contribution in [0.1, 0.15) is 52.5 Å². The zero-order valence-corrected chi connectivity index (χ0v) is 21.6. The third-order valence-electron chi connectivity index (χ3n) is 5.62. The third kappa shape index (κ3) is 6.82. The van der Waals surface area contributed by atoms with E-state index in [9.17, 15) is 24.8 Å². The third-order valence-corrected chi connectivity index (χ3v) is 5.62. The number of hydrogen-bond acceptors (Lipinski definition) is 11. The number of hydrogen-bond donors (Lipinski definition) is 2. The largest absolute Gasteiger partial charge is 0.463 e. The van der Waals surface area contributed by atoms with E-state index in [4.69, 9.17) is 24.2 Å². The van der Waals surface area contributed by atoms with E-state index in [0.717, 1.165) is 0 Å². The Labute approximate surface area is 215 Å². The maximum atomic E-state index is 13.6. The summed E-state index contributed by atoms with van der Waals surface area (Å²) in [4.78, 5) is 37.8. The van der Waals surface area contributed by atoms with Gasteiger partial charge in [-0.25, -0.2) is 4.79 Å². The predicted molar refractivity (Wildman–Crippen MR) is 130 cm³/mol. The standard InChI is InChI=1S/C25H33N3O9/c1-6-34-24(35-7-2)25(31)21(23(30)37-15(3)4)20(17-10-8-11-18(14-17)28(32)33)19(16(5)27-25)22(29)36-13-9-12-26/h8,10-11,14-15,20-21,24,27,31H,6-7,9,13H2,1-5H3/t20-,21-,25-/m0/s1. The number of aliphatic hydroxyl groups is 1. The molecule has 1 aliphatic heterocycles. The Morgan fingerprint density at radius 3 is 2.46 bits per heavy atom. The second-order valence-corrected chi connectivity index (χ2v) is 8.57. The maximum absolute atomic E-state index is 13.6. The molecular formula is C25H33N3O9. The number of allylic oxidation sites excluding steroid dienone is 1. The highest BCUT2D eigenvalue weighted by molar-refractivity contribution is 5.93. The van der Waals surface area contributed by atoms with Crippen LogP contribution in [0, 0.1) is 27.4 Å². The van der Waals surface area contributed by atoms with Gasteiger partial charge in [-0.2, -0.15) is 5.26 Å². The van der Waals surface area contributed by atoms with Gasteiger partial charge in [0.25, 0.3) is 5.69 Å². The van der Waals surface area contributed by atoms with E-state index in [-0.39, 0.29) is 48.8 Å². The summed E-state index contributed by atoms with van der Waals surface area (Å²) in [7, 11) is 0. The lowest BCUT2D eigenvalue weighted by atomic mass is 9.71. The van der Waals surface area contributed by atoms with E-state index in [1.807, 2.05) is 6.07 Å². The molecule has 12 heteroatoms. The summed E-state index contributed by atoms with van der Waals surface area (Å²) >= 11 is 0. The van der Waals surface area contributed by atoms with Crippen molar-refractivity contribution < 1.29 is 38.6 Å². The highest BCUT2D eigenvalue weighted by Crippen LogP contribution is 2.46. The van der Waals surface area contributed by atoms with Gasteiger partial charge in [0.15, 0.2) is 0 Å². The Hall–Kier alpha value is -3.53. The Balaban J connectivity index is 2.84. The number of benzene rings is 1. The van der Waals surface area contributed by atoms with Gasteiger partial charge in [-0.1, -0.05) is 12.1 Å². The molecular weight excluding hydrogens is 486 g/mol. The quantitative estimate of drug-likeness (QED) is 0.137. The summed E-state index contributed by atoms with van der Waals surface area (Å²) in [6.45, 7) is 8.12. The minimum Gasteiger partial charge on any atom is -0.463 e. The van der Waals surface area contributed by atoms with E-state index in [0.29, 0.717) is 0 Å². The molecule has 0 aliphatic carbocycles. The van der Waals surface area contributed by atoms with Gasteiger partial charge in [-0.3, -0.25) is 14.9 Å². The number of nitro benzene ring substituents is 1. The molecule has 2 N–H and O–H groups in total. The van der Waals surface area contributed by atoms with E-state index in [2.05, 4.69) is 5.32 Å². The molecule has 37 heavy (non-hydrogen) atoms. The molecule has 12 nitrogen and oxygen atoms in total. The zero-order valence-electron chi connectivity index (χ0n) is 21.6. The number of nitriles is 1. The van der Waals surface area contributed by atoms with Crippen molar-refractivity contribution in [2.75, 3.05) is 19.8 Å². The SMILES string of the molecule is CCOC(OCC)[C@]1(O)NC(C)=C(C(=O)OCCC#N)[C@H](c2cccc([N+](=O)[O-])c2)[C@H]1C(=O)OC(C)C. The van der Waals surface area contributed by atoms with Gasteiger partial charge in [0, 0.05) is 37.0 Å². The molecule has 1 heterocycles. The van der Waals surface area contributed by atoms with Gasteiger partial charge < -0.3 is 29.4 Å². The van der Waals surface area contributed by atoms with Crippen LogP contribution in [-0.4, -0.2) is 59.9 Å². The highest BCUT2D eigenvalue weighted by Gasteiger charge is 2.59. The molecule has 0 amide bonds. The van der Waals surface area contributed by atoms with Crippen molar-refractivity contribution in [1.82, 2.24) is 5.32 Å². The molecule has 2 rings (SSSR count). The summed E-state index contributed by atoms with van der Waals surface area (Å²) in [5, 5.41) is 35.2. The summed E-state index contributed by atoms with van der Waals surface area (Å²) in [6, 6.07) is 7.28. The maximum Gasteiger partial charge on any atom is 0.336 e.